The van der Waals surface area contributed by atoms with Crippen LogP contribution in [0.5, 0.6) is 0 Å². The maximum absolute atomic E-state index is 11.6. The highest BCUT2D eigenvalue weighted by Gasteiger charge is 2.44. The minimum atomic E-state index is -0.545. The third-order valence-electron chi connectivity index (χ3n) is 3.42. The first-order valence-electron chi connectivity index (χ1n) is 5.82. The Morgan fingerprint density at radius 2 is 2.59 bits per heavy atom. The fourth-order valence-corrected chi connectivity index (χ4v) is 2.98. The third kappa shape index (κ3) is 2.47. The summed E-state index contributed by atoms with van der Waals surface area (Å²) in [5.41, 5.74) is 4.99. The number of hydrogen-bond acceptors (Lipinski definition) is 3. The largest absolute Gasteiger partial charge is 0.368 e. The van der Waals surface area contributed by atoms with Crippen molar-refractivity contribution in [1.29, 1.82) is 0 Å². The predicted molar refractivity (Wildman–Crippen MR) is 73.4 cm³/mol. The Bertz CT molecular complexity index is 419. The molecule has 1 saturated carbocycles. The van der Waals surface area contributed by atoms with Gasteiger partial charge in [-0.2, -0.15) is 5.10 Å². The topological polar surface area (TPSA) is 72.9 Å². The number of likely N-dealkylation sites (N-methyl/N-ethyl adjacent to an activating group) is 1. The van der Waals surface area contributed by atoms with E-state index in [4.69, 9.17) is 5.73 Å². The molecule has 6 heteroatoms. The summed E-state index contributed by atoms with van der Waals surface area (Å²) in [5.74, 6) is -0.247. The highest BCUT2D eigenvalue weighted by molar-refractivity contribution is 14.1. The van der Waals surface area contributed by atoms with Crippen molar-refractivity contribution < 1.29 is 4.79 Å². The van der Waals surface area contributed by atoms with E-state index in [1.165, 1.54) is 0 Å². The van der Waals surface area contributed by atoms with E-state index < -0.39 is 5.54 Å². The zero-order valence-corrected chi connectivity index (χ0v) is 12.0. The van der Waals surface area contributed by atoms with Gasteiger partial charge in [0.2, 0.25) is 5.91 Å². The van der Waals surface area contributed by atoms with E-state index in [1.54, 1.807) is 0 Å². The van der Waals surface area contributed by atoms with E-state index in [9.17, 15) is 4.79 Å². The Morgan fingerprint density at radius 3 is 3.12 bits per heavy atom. The molecular formula is C11H17IN4O. The molecule has 1 heterocycles. The lowest BCUT2D eigenvalue weighted by Crippen LogP contribution is -2.53. The van der Waals surface area contributed by atoms with Crippen LogP contribution in [0.3, 0.4) is 0 Å². The number of carbonyl (C=O) groups excluding carboxylic acids is 1. The minimum Gasteiger partial charge on any atom is -0.368 e. The van der Waals surface area contributed by atoms with Crippen molar-refractivity contribution in [3.05, 3.63) is 16.0 Å². The number of halogens is 1. The molecule has 0 bridgehead atoms. The number of rotatable bonds is 4. The van der Waals surface area contributed by atoms with Crippen molar-refractivity contribution in [2.45, 2.75) is 37.8 Å². The summed E-state index contributed by atoms with van der Waals surface area (Å²) in [5, 5.41) is 7.56. The second-order valence-electron chi connectivity index (χ2n) is 4.51. The van der Waals surface area contributed by atoms with Crippen LogP contribution in [0.4, 0.5) is 0 Å². The SMILES string of the molecule is CCNC1(C(N)=O)CCC(n2cc(I)cn2)C1. The van der Waals surface area contributed by atoms with E-state index in [1.807, 2.05) is 24.0 Å². The van der Waals surface area contributed by atoms with Gasteiger partial charge in [0.25, 0.3) is 0 Å². The summed E-state index contributed by atoms with van der Waals surface area (Å²) in [6, 6.07) is 0.269. The van der Waals surface area contributed by atoms with Gasteiger partial charge in [-0.25, -0.2) is 0 Å². The summed E-state index contributed by atoms with van der Waals surface area (Å²) in [7, 11) is 0. The first-order chi connectivity index (χ1) is 8.07. The van der Waals surface area contributed by atoms with Crippen LogP contribution in [0.25, 0.3) is 0 Å². The van der Waals surface area contributed by atoms with Crippen LogP contribution in [0.15, 0.2) is 12.4 Å². The number of aromatic nitrogens is 2. The summed E-state index contributed by atoms with van der Waals surface area (Å²) >= 11 is 2.24. The fourth-order valence-electron chi connectivity index (χ4n) is 2.57. The van der Waals surface area contributed by atoms with E-state index >= 15 is 0 Å². The minimum absolute atomic E-state index is 0.247. The standard InChI is InChI=1S/C11H17IN4O/c1-2-14-11(10(13)17)4-3-9(5-11)16-7-8(12)6-15-16/h6-7,9,14H,2-5H2,1H3,(H2,13,17). The molecule has 1 fully saturated rings. The molecule has 3 N–H and O–H groups in total. The Labute approximate surface area is 114 Å². The van der Waals surface area contributed by atoms with Gasteiger partial charge in [-0.1, -0.05) is 6.92 Å². The summed E-state index contributed by atoms with van der Waals surface area (Å²) < 4.78 is 3.06. The van der Waals surface area contributed by atoms with Gasteiger partial charge in [-0.15, -0.1) is 0 Å². The zero-order valence-electron chi connectivity index (χ0n) is 9.82. The summed E-state index contributed by atoms with van der Waals surface area (Å²) in [4.78, 5) is 11.6. The molecule has 1 aromatic rings. The molecule has 1 aliphatic carbocycles. The van der Waals surface area contributed by atoms with Gasteiger partial charge in [0.1, 0.15) is 0 Å². The monoisotopic (exact) mass is 348 g/mol. The fraction of sp³-hybridized carbons (Fsp3) is 0.636. The number of amides is 1. The highest BCUT2D eigenvalue weighted by Crippen LogP contribution is 2.37. The molecule has 0 aromatic carbocycles. The smallest absolute Gasteiger partial charge is 0.237 e. The maximum atomic E-state index is 11.6. The molecule has 2 unspecified atom stereocenters. The van der Waals surface area contributed by atoms with Crippen LogP contribution >= 0.6 is 22.6 Å². The van der Waals surface area contributed by atoms with Gasteiger partial charge in [0.15, 0.2) is 0 Å². The van der Waals surface area contributed by atoms with Crippen LogP contribution in [-0.4, -0.2) is 27.8 Å². The van der Waals surface area contributed by atoms with E-state index in [0.717, 1.165) is 29.4 Å². The van der Waals surface area contributed by atoms with Gasteiger partial charge in [0, 0.05) is 6.20 Å². The number of nitrogens with two attached hydrogens (primary N) is 1. The van der Waals surface area contributed by atoms with Crippen LogP contribution in [0, 0.1) is 3.57 Å². The van der Waals surface area contributed by atoms with Crippen molar-refractivity contribution in [2.75, 3.05) is 6.54 Å². The van der Waals surface area contributed by atoms with Gasteiger partial charge in [0.05, 0.1) is 21.3 Å². The second kappa shape index (κ2) is 4.93. The Hall–Kier alpha value is -0.630. The van der Waals surface area contributed by atoms with Gasteiger partial charge >= 0.3 is 0 Å². The summed E-state index contributed by atoms with van der Waals surface area (Å²) in [6.45, 7) is 2.75. The average molecular weight is 348 g/mol. The lowest BCUT2D eigenvalue weighted by molar-refractivity contribution is -0.124. The maximum Gasteiger partial charge on any atom is 0.237 e. The molecule has 2 rings (SSSR count). The first kappa shape index (κ1) is 12.8. The van der Waals surface area contributed by atoms with Crippen molar-refractivity contribution in [2.24, 2.45) is 5.73 Å². The highest BCUT2D eigenvalue weighted by atomic mass is 127. The number of hydrogen-bond donors (Lipinski definition) is 2. The Morgan fingerprint density at radius 1 is 1.82 bits per heavy atom. The molecule has 17 heavy (non-hydrogen) atoms. The van der Waals surface area contributed by atoms with Crippen molar-refractivity contribution >= 4 is 28.5 Å². The number of nitrogens with one attached hydrogen (secondary N) is 1. The number of nitrogens with zero attached hydrogens (tertiary/aromatic N) is 2. The van der Waals surface area contributed by atoms with Gasteiger partial charge in [-0.05, 0) is 48.4 Å². The quantitative estimate of drug-likeness (QED) is 0.799. The van der Waals surface area contributed by atoms with E-state index in [-0.39, 0.29) is 11.9 Å². The summed E-state index contributed by atoms with van der Waals surface area (Å²) in [6.07, 6.45) is 6.30. The predicted octanol–water partition coefficient (Wildman–Crippen LogP) is 1.05. The normalized spacial score (nSPS) is 28.5. The molecular weight excluding hydrogens is 331 g/mol. The zero-order chi connectivity index (χ0) is 12.5. The molecule has 1 aliphatic rings. The second-order valence-corrected chi connectivity index (χ2v) is 5.76. The molecule has 0 saturated heterocycles. The first-order valence-corrected chi connectivity index (χ1v) is 6.90. The van der Waals surface area contributed by atoms with Crippen molar-refractivity contribution in [3.8, 4) is 0 Å². The van der Waals surface area contributed by atoms with Crippen molar-refractivity contribution in [3.63, 3.8) is 0 Å². The molecule has 0 aliphatic heterocycles. The number of carbonyl (C=O) groups is 1. The molecule has 5 nitrogen and oxygen atoms in total. The Balaban J connectivity index is 2.14. The van der Waals surface area contributed by atoms with Crippen LogP contribution in [0.1, 0.15) is 32.2 Å². The lowest BCUT2D eigenvalue weighted by atomic mass is 9.96. The molecule has 2 atom stereocenters. The Kier molecular flexibility index (Phi) is 3.72. The van der Waals surface area contributed by atoms with Crippen LogP contribution in [0.2, 0.25) is 0 Å². The lowest BCUT2D eigenvalue weighted by Gasteiger charge is -2.26. The van der Waals surface area contributed by atoms with E-state index in [2.05, 4.69) is 33.0 Å². The molecule has 94 valence electrons. The third-order valence-corrected chi connectivity index (χ3v) is 3.98. The van der Waals surface area contributed by atoms with Crippen LogP contribution in [-0.2, 0) is 4.79 Å². The van der Waals surface area contributed by atoms with E-state index in [0.29, 0.717) is 0 Å². The van der Waals surface area contributed by atoms with Crippen molar-refractivity contribution in [1.82, 2.24) is 15.1 Å². The van der Waals surface area contributed by atoms with Gasteiger partial charge in [-0.3, -0.25) is 9.48 Å². The molecule has 0 radical (unpaired) electrons. The average Bonchev–Trinajstić information content (AvgIpc) is 2.86. The van der Waals surface area contributed by atoms with Crippen LogP contribution < -0.4 is 11.1 Å². The van der Waals surface area contributed by atoms with Gasteiger partial charge < -0.3 is 11.1 Å². The molecule has 1 aromatic heterocycles. The molecule has 0 spiro atoms. The number of primary amides is 1. The molecule has 1 amide bonds.